The minimum Gasteiger partial charge on any atom is -0.469 e. The normalized spacial score (nSPS) is 10.7. The van der Waals surface area contributed by atoms with Crippen LogP contribution in [0.15, 0.2) is 30.5 Å². The molecular weight excluding hydrogens is 214 g/mol. The molecule has 0 unspecified atom stereocenters. The van der Waals surface area contributed by atoms with Crippen LogP contribution >= 0.6 is 0 Å². The van der Waals surface area contributed by atoms with Crippen LogP contribution in [0, 0.1) is 6.92 Å². The van der Waals surface area contributed by atoms with Gasteiger partial charge < -0.3 is 9.30 Å². The molecule has 0 atom stereocenters. The monoisotopic (exact) mass is 231 g/mol. The molecule has 0 aliphatic heterocycles. The summed E-state index contributed by atoms with van der Waals surface area (Å²) in [6.45, 7) is 2.96. The minimum atomic E-state index is -0.141. The summed E-state index contributed by atoms with van der Waals surface area (Å²) >= 11 is 0. The predicted molar refractivity (Wildman–Crippen MR) is 67.9 cm³/mol. The number of para-hydroxylation sites is 1. The van der Waals surface area contributed by atoms with Gasteiger partial charge in [0.25, 0.3) is 0 Å². The smallest absolute Gasteiger partial charge is 0.305 e. The van der Waals surface area contributed by atoms with E-state index in [2.05, 4.69) is 34.6 Å². The Morgan fingerprint density at radius 2 is 2.12 bits per heavy atom. The van der Waals surface area contributed by atoms with Crippen LogP contribution in [0.3, 0.4) is 0 Å². The van der Waals surface area contributed by atoms with Crippen molar-refractivity contribution in [2.45, 2.75) is 26.3 Å². The number of ether oxygens (including phenoxy) is 1. The van der Waals surface area contributed by atoms with E-state index in [0.29, 0.717) is 6.42 Å². The molecule has 0 aliphatic rings. The van der Waals surface area contributed by atoms with E-state index in [-0.39, 0.29) is 5.97 Å². The molecular formula is C14H17NO2. The third-order valence-electron chi connectivity index (χ3n) is 3.00. The van der Waals surface area contributed by atoms with Crippen LogP contribution in [-0.2, 0) is 16.1 Å². The fourth-order valence-corrected chi connectivity index (χ4v) is 2.11. The number of methoxy groups -OCH3 is 1. The molecule has 17 heavy (non-hydrogen) atoms. The Hall–Kier alpha value is -1.77. The standard InChI is InChI=1S/C14H17NO2/c1-11-10-15(9-5-8-14(16)17-2)13-7-4-3-6-12(11)13/h3-4,6-7,10H,5,8-9H2,1-2H3. The number of hydrogen-bond donors (Lipinski definition) is 0. The predicted octanol–water partition coefficient (Wildman–Crippen LogP) is 2.90. The number of benzene rings is 1. The molecule has 3 nitrogen and oxygen atoms in total. The Balaban J connectivity index is 2.11. The first-order chi connectivity index (χ1) is 8.22. The van der Waals surface area contributed by atoms with Crippen LogP contribution in [0.5, 0.6) is 0 Å². The number of fused-ring (bicyclic) bond motifs is 1. The van der Waals surface area contributed by atoms with Gasteiger partial charge in [-0.2, -0.15) is 0 Å². The number of carbonyl (C=O) groups excluding carboxylic acids is 1. The summed E-state index contributed by atoms with van der Waals surface area (Å²) in [5, 5.41) is 1.28. The lowest BCUT2D eigenvalue weighted by Crippen LogP contribution is -2.03. The number of rotatable bonds is 4. The van der Waals surface area contributed by atoms with Crippen molar-refractivity contribution in [1.82, 2.24) is 4.57 Å². The fourth-order valence-electron chi connectivity index (χ4n) is 2.11. The molecule has 3 heteroatoms. The highest BCUT2D eigenvalue weighted by molar-refractivity contribution is 5.83. The van der Waals surface area contributed by atoms with Crippen LogP contribution in [0.25, 0.3) is 10.9 Å². The van der Waals surface area contributed by atoms with Crippen molar-refractivity contribution in [3.8, 4) is 0 Å². The zero-order chi connectivity index (χ0) is 12.3. The summed E-state index contributed by atoms with van der Waals surface area (Å²) in [7, 11) is 1.43. The molecule has 0 saturated heterocycles. The Bertz CT molecular complexity index is 528. The van der Waals surface area contributed by atoms with E-state index < -0.39 is 0 Å². The number of esters is 1. The van der Waals surface area contributed by atoms with E-state index in [1.807, 2.05) is 12.1 Å². The Kier molecular flexibility index (Phi) is 3.47. The molecule has 1 aromatic carbocycles. The molecule has 0 saturated carbocycles. The Labute approximate surface area is 101 Å². The van der Waals surface area contributed by atoms with Crippen molar-refractivity contribution in [3.05, 3.63) is 36.0 Å². The van der Waals surface area contributed by atoms with Crippen molar-refractivity contribution in [1.29, 1.82) is 0 Å². The number of aryl methyl sites for hydroxylation is 2. The van der Waals surface area contributed by atoms with Gasteiger partial charge in [-0.15, -0.1) is 0 Å². The van der Waals surface area contributed by atoms with E-state index in [1.54, 1.807) is 0 Å². The van der Waals surface area contributed by atoms with Gasteiger partial charge in [-0.1, -0.05) is 18.2 Å². The lowest BCUT2D eigenvalue weighted by molar-refractivity contribution is -0.140. The second kappa shape index (κ2) is 5.04. The molecule has 2 aromatic rings. The molecule has 0 N–H and O–H groups in total. The van der Waals surface area contributed by atoms with E-state index in [9.17, 15) is 4.79 Å². The molecule has 1 heterocycles. The lowest BCUT2D eigenvalue weighted by Gasteiger charge is -2.04. The van der Waals surface area contributed by atoms with Crippen LogP contribution in [0.4, 0.5) is 0 Å². The molecule has 0 fully saturated rings. The Morgan fingerprint density at radius 3 is 2.88 bits per heavy atom. The van der Waals surface area contributed by atoms with Gasteiger partial charge in [0, 0.05) is 30.1 Å². The fraction of sp³-hybridized carbons (Fsp3) is 0.357. The van der Waals surface area contributed by atoms with Crippen LogP contribution in [0.2, 0.25) is 0 Å². The molecule has 0 bridgehead atoms. The zero-order valence-electron chi connectivity index (χ0n) is 10.3. The summed E-state index contributed by atoms with van der Waals surface area (Å²) in [5.41, 5.74) is 2.51. The quantitative estimate of drug-likeness (QED) is 0.758. The van der Waals surface area contributed by atoms with Crippen molar-refractivity contribution >= 4 is 16.9 Å². The van der Waals surface area contributed by atoms with Gasteiger partial charge in [-0.25, -0.2) is 0 Å². The maximum atomic E-state index is 11.0. The molecule has 90 valence electrons. The molecule has 0 spiro atoms. The number of carbonyl (C=O) groups is 1. The van der Waals surface area contributed by atoms with E-state index in [0.717, 1.165) is 13.0 Å². The first kappa shape index (κ1) is 11.7. The first-order valence-electron chi connectivity index (χ1n) is 5.83. The second-order valence-electron chi connectivity index (χ2n) is 4.20. The van der Waals surface area contributed by atoms with E-state index in [4.69, 9.17) is 0 Å². The Morgan fingerprint density at radius 1 is 1.35 bits per heavy atom. The van der Waals surface area contributed by atoms with Crippen molar-refractivity contribution in [3.63, 3.8) is 0 Å². The first-order valence-corrected chi connectivity index (χ1v) is 5.83. The highest BCUT2D eigenvalue weighted by Gasteiger charge is 2.05. The van der Waals surface area contributed by atoms with Gasteiger partial charge in [-0.3, -0.25) is 4.79 Å². The van der Waals surface area contributed by atoms with Gasteiger partial charge in [0.1, 0.15) is 0 Å². The minimum absolute atomic E-state index is 0.141. The maximum absolute atomic E-state index is 11.0. The van der Waals surface area contributed by atoms with Crippen molar-refractivity contribution in [2.75, 3.05) is 7.11 Å². The SMILES string of the molecule is COC(=O)CCCn1cc(C)c2ccccc21. The largest absolute Gasteiger partial charge is 0.469 e. The average Bonchev–Trinajstić information content (AvgIpc) is 2.67. The molecule has 2 rings (SSSR count). The van der Waals surface area contributed by atoms with Crippen LogP contribution in [0.1, 0.15) is 18.4 Å². The van der Waals surface area contributed by atoms with Gasteiger partial charge in [0.2, 0.25) is 0 Å². The van der Waals surface area contributed by atoms with Crippen LogP contribution < -0.4 is 0 Å². The van der Waals surface area contributed by atoms with E-state index in [1.165, 1.54) is 23.6 Å². The summed E-state index contributed by atoms with van der Waals surface area (Å²) in [6.07, 6.45) is 3.43. The number of nitrogens with zero attached hydrogens (tertiary/aromatic N) is 1. The molecule has 1 aromatic heterocycles. The maximum Gasteiger partial charge on any atom is 0.305 e. The van der Waals surface area contributed by atoms with Gasteiger partial charge in [-0.05, 0) is 25.0 Å². The topological polar surface area (TPSA) is 31.2 Å². The highest BCUT2D eigenvalue weighted by atomic mass is 16.5. The van der Waals surface area contributed by atoms with Crippen molar-refractivity contribution in [2.24, 2.45) is 0 Å². The zero-order valence-corrected chi connectivity index (χ0v) is 10.3. The van der Waals surface area contributed by atoms with Gasteiger partial charge >= 0.3 is 5.97 Å². The molecule has 0 radical (unpaired) electrons. The number of aromatic nitrogens is 1. The highest BCUT2D eigenvalue weighted by Crippen LogP contribution is 2.20. The third kappa shape index (κ3) is 2.49. The molecule has 0 amide bonds. The third-order valence-corrected chi connectivity index (χ3v) is 3.00. The summed E-state index contributed by atoms with van der Waals surface area (Å²) in [5.74, 6) is -0.141. The average molecular weight is 231 g/mol. The van der Waals surface area contributed by atoms with E-state index >= 15 is 0 Å². The number of hydrogen-bond acceptors (Lipinski definition) is 2. The summed E-state index contributed by atoms with van der Waals surface area (Å²) < 4.78 is 6.83. The van der Waals surface area contributed by atoms with Crippen molar-refractivity contribution < 1.29 is 9.53 Å². The summed E-state index contributed by atoms with van der Waals surface area (Å²) in [6, 6.07) is 8.33. The van der Waals surface area contributed by atoms with Crippen LogP contribution in [-0.4, -0.2) is 17.6 Å². The van der Waals surface area contributed by atoms with Gasteiger partial charge in [0.05, 0.1) is 7.11 Å². The molecule has 0 aliphatic carbocycles. The van der Waals surface area contributed by atoms with Gasteiger partial charge in [0.15, 0.2) is 0 Å². The summed E-state index contributed by atoms with van der Waals surface area (Å²) in [4.78, 5) is 11.0. The lowest BCUT2D eigenvalue weighted by atomic mass is 10.2. The second-order valence-corrected chi connectivity index (χ2v) is 4.20.